The van der Waals surface area contributed by atoms with Gasteiger partial charge < -0.3 is 15.1 Å². The van der Waals surface area contributed by atoms with Gasteiger partial charge in [0.15, 0.2) is 0 Å². The molecule has 1 atom stereocenters. The van der Waals surface area contributed by atoms with Crippen LogP contribution in [0.25, 0.3) is 0 Å². The topological polar surface area (TPSA) is 62.1 Å². The van der Waals surface area contributed by atoms with Gasteiger partial charge in [-0.1, -0.05) is 35.5 Å². The van der Waals surface area contributed by atoms with Crippen molar-refractivity contribution in [1.82, 2.24) is 0 Å². The maximum absolute atomic E-state index is 8.81. The second-order valence-corrected chi connectivity index (χ2v) is 2.78. The van der Waals surface area contributed by atoms with E-state index in [1.54, 1.807) is 0 Å². The maximum Gasteiger partial charge on any atom is 0.119 e. The fourth-order valence-electron chi connectivity index (χ4n) is 0.995. The predicted octanol–water partition coefficient (Wildman–Crippen LogP) is 1.02. The van der Waals surface area contributed by atoms with Gasteiger partial charge in [0.05, 0.1) is 19.4 Å². The largest absolute Gasteiger partial charge is 0.411 e. The number of aliphatic hydroxyl groups is 1. The summed E-state index contributed by atoms with van der Waals surface area (Å²) in [5.41, 5.74) is 1.01. The van der Waals surface area contributed by atoms with Crippen LogP contribution in [-0.2, 0) is 11.3 Å². The van der Waals surface area contributed by atoms with E-state index < -0.39 is 6.10 Å². The van der Waals surface area contributed by atoms with E-state index in [1.165, 1.54) is 0 Å². The fourth-order valence-corrected chi connectivity index (χ4v) is 0.995. The number of hydrogen-bond donors (Lipinski definition) is 2. The van der Waals surface area contributed by atoms with Crippen molar-refractivity contribution in [2.75, 3.05) is 6.61 Å². The van der Waals surface area contributed by atoms with Gasteiger partial charge in [-0.25, -0.2) is 0 Å². The molecule has 0 spiro atoms. The van der Waals surface area contributed by atoms with Gasteiger partial charge in [0, 0.05) is 0 Å². The zero-order chi connectivity index (χ0) is 10.2. The first-order valence-electron chi connectivity index (χ1n) is 4.30. The zero-order valence-electron chi connectivity index (χ0n) is 7.71. The lowest BCUT2D eigenvalue weighted by Gasteiger charge is -2.09. The third-order valence-corrected chi connectivity index (χ3v) is 1.72. The standard InChI is InChI=1S/C10H13NO3/c12-7-10(6-11-13)14-8-9-4-2-1-3-5-9/h1-6,10,12-13H,7-8H2/b11-6+. The highest BCUT2D eigenvalue weighted by Crippen LogP contribution is 2.02. The lowest BCUT2D eigenvalue weighted by Crippen LogP contribution is -2.19. The molecule has 1 aromatic carbocycles. The van der Waals surface area contributed by atoms with E-state index in [4.69, 9.17) is 15.1 Å². The van der Waals surface area contributed by atoms with E-state index in [1.807, 2.05) is 30.3 Å². The molecule has 0 heterocycles. The molecule has 0 radical (unpaired) electrons. The number of rotatable bonds is 5. The highest BCUT2D eigenvalue weighted by molar-refractivity contribution is 5.62. The third kappa shape index (κ3) is 3.55. The van der Waals surface area contributed by atoms with Crippen molar-refractivity contribution in [2.45, 2.75) is 12.7 Å². The number of hydrogen-bond acceptors (Lipinski definition) is 4. The second-order valence-electron chi connectivity index (χ2n) is 2.78. The molecule has 0 fully saturated rings. The average molecular weight is 195 g/mol. The number of nitrogens with zero attached hydrogens (tertiary/aromatic N) is 1. The van der Waals surface area contributed by atoms with Crippen LogP contribution in [-0.4, -0.2) is 29.2 Å². The number of ether oxygens (including phenoxy) is 1. The minimum Gasteiger partial charge on any atom is -0.411 e. The Morgan fingerprint density at radius 3 is 2.64 bits per heavy atom. The van der Waals surface area contributed by atoms with Gasteiger partial charge >= 0.3 is 0 Å². The molecule has 1 aromatic rings. The Hall–Kier alpha value is -1.39. The number of aliphatic hydroxyl groups excluding tert-OH is 1. The van der Waals surface area contributed by atoms with Crippen molar-refractivity contribution in [3.8, 4) is 0 Å². The van der Waals surface area contributed by atoms with Crippen molar-refractivity contribution < 1.29 is 15.1 Å². The van der Waals surface area contributed by atoms with Gasteiger partial charge in [-0.2, -0.15) is 0 Å². The first-order valence-corrected chi connectivity index (χ1v) is 4.30. The molecular formula is C10H13NO3. The van der Waals surface area contributed by atoms with E-state index in [0.29, 0.717) is 6.61 Å². The minimum atomic E-state index is -0.555. The molecule has 0 aromatic heterocycles. The highest BCUT2D eigenvalue weighted by Gasteiger charge is 2.03. The first-order chi connectivity index (χ1) is 6.86. The Labute approximate surface area is 82.4 Å². The van der Waals surface area contributed by atoms with Crippen molar-refractivity contribution in [2.24, 2.45) is 5.16 Å². The Morgan fingerprint density at radius 2 is 2.07 bits per heavy atom. The average Bonchev–Trinajstić information content (AvgIpc) is 2.25. The second kappa shape index (κ2) is 6.12. The molecular weight excluding hydrogens is 182 g/mol. The van der Waals surface area contributed by atoms with Crippen LogP contribution >= 0.6 is 0 Å². The monoisotopic (exact) mass is 195 g/mol. The molecule has 0 aliphatic rings. The molecule has 2 N–H and O–H groups in total. The summed E-state index contributed by atoms with van der Waals surface area (Å²) >= 11 is 0. The summed E-state index contributed by atoms with van der Waals surface area (Å²) in [4.78, 5) is 0. The summed E-state index contributed by atoms with van der Waals surface area (Å²) in [5.74, 6) is 0. The van der Waals surface area contributed by atoms with E-state index >= 15 is 0 Å². The molecule has 0 amide bonds. The smallest absolute Gasteiger partial charge is 0.119 e. The van der Waals surface area contributed by atoms with Crippen molar-refractivity contribution in [3.05, 3.63) is 35.9 Å². The van der Waals surface area contributed by atoms with E-state index in [9.17, 15) is 0 Å². The van der Waals surface area contributed by atoms with Crippen molar-refractivity contribution >= 4 is 6.21 Å². The van der Waals surface area contributed by atoms with Gasteiger partial charge in [0.25, 0.3) is 0 Å². The minimum absolute atomic E-state index is 0.198. The third-order valence-electron chi connectivity index (χ3n) is 1.72. The molecule has 14 heavy (non-hydrogen) atoms. The summed E-state index contributed by atoms with van der Waals surface area (Å²) in [6.07, 6.45) is 0.600. The highest BCUT2D eigenvalue weighted by atomic mass is 16.5. The van der Waals surface area contributed by atoms with Crippen LogP contribution in [0, 0.1) is 0 Å². The first kappa shape index (κ1) is 10.7. The predicted molar refractivity (Wildman–Crippen MR) is 52.4 cm³/mol. The van der Waals surface area contributed by atoms with Gasteiger partial charge in [-0.05, 0) is 5.56 Å². The molecule has 4 heteroatoms. The van der Waals surface area contributed by atoms with Gasteiger partial charge in [0.2, 0.25) is 0 Å². The molecule has 0 aliphatic heterocycles. The number of oxime groups is 1. The molecule has 1 unspecified atom stereocenters. The van der Waals surface area contributed by atoms with Gasteiger partial charge in [0.1, 0.15) is 6.10 Å². The van der Waals surface area contributed by atoms with Crippen LogP contribution < -0.4 is 0 Å². The Balaban J connectivity index is 2.39. The van der Waals surface area contributed by atoms with Crippen LogP contribution in [0.15, 0.2) is 35.5 Å². The van der Waals surface area contributed by atoms with Gasteiger partial charge in [-0.3, -0.25) is 0 Å². The fraction of sp³-hybridized carbons (Fsp3) is 0.300. The van der Waals surface area contributed by atoms with E-state index in [-0.39, 0.29) is 6.61 Å². The van der Waals surface area contributed by atoms with Crippen molar-refractivity contribution in [1.29, 1.82) is 0 Å². The summed E-state index contributed by atoms with van der Waals surface area (Å²) in [5, 5.41) is 19.9. The molecule has 0 saturated carbocycles. The maximum atomic E-state index is 8.81. The molecule has 0 saturated heterocycles. The summed E-state index contributed by atoms with van der Waals surface area (Å²) in [6.45, 7) is 0.189. The van der Waals surface area contributed by atoms with Crippen LogP contribution in [0.1, 0.15) is 5.56 Å². The molecule has 76 valence electrons. The van der Waals surface area contributed by atoms with E-state index in [0.717, 1.165) is 11.8 Å². The van der Waals surface area contributed by atoms with Crippen LogP contribution in [0.5, 0.6) is 0 Å². The van der Waals surface area contributed by atoms with E-state index in [2.05, 4.69) is 5.16 Å². The SMILES string of the molecule is OCC(/C=N/O)OCc1ccccc1. The lowest BCUT2D eigenvalue weighted by atomic mass is 10.2. The Bertz CT molecular complexity index is 274. The molecule has 4 nitrogen and oxygen atoms in total. The van der Waals surface area contributed by atoms with Crippen LogP contribution in [0.2, 0.25) is 0 Å². The lowest BCUT2D eigenvalue weighted by molar-refractivity contribution is 0.0452. The quantitative estimate of drug-likeness (QED) is 0.419. The molecule has 0 bridgehead atoms. The number of benzene rings is 1. The summed E-state index contributed by atoms with van der Waals surface area (Å²) in [6, 6.07) is 9.58. The molecule has 1 rings (SSSR count). The van der Waals surface area contributed by atoms with Gasteiger partial charge in [-0.15, -0.1) is 0 Å². The van der Waals surface area contributed by atoms with Crippen LogP contribution in [0.3, 0.4) is 0 Å². The Kier molecular flexibility index (Phi) is 4.68. The summed E-state index contributed by atoms with van der Waals surface area (Å²) < 4.78 is 5.26. The van der Waals surface area contributed by atoms with Crippen molar-refractivity contribution in [3.63, 3.8) is 0 Å². The normalized spacial score (nSPS) is 13.2. The summed E-state index contributed by atoms with van der Waals surface area (Å²) in [7, 11) is 0. The molecule has 0 aliphatic carbocycles. The Morgan fingerprint density at radius 1 is 1.36 bits per heavy atom. The van der Waals surface area contributed by atoms with Crippen LogP contribution in [0.4, 0.5) is 0 Å². The zero-order valence-corrected chi connectivity index (χ0v) is 7.71.